The fourth-order valence-electron chi connectivity index (χ4n) is 2.33. The Bertz CT molecular complexity index is 482. The lowest BCUT2D eigenvalue weighted by Gasteiger charge is -2.36. The Morgan fingerprint density at radius 3 is 2.60 bits per heavy atom. The SMILES string of the molecule is CC(C)C(NCCCN=[N+]=[N-])(C(N)=O)c1ccccc1. The van der Waals surface area contributed by atoms with E-state index >= 15 is 0 Å². The highest BCUT2D eigenvalue weighted by atomic mass is 16.1. The van der Waals surface area contributed by atoms with Crippen molar-refractivity contribution < 1.29 is 4.79 Å². The van der Waals surface area contributed by atoms with Gasteiger partial charge in [0.05, 0.1) is 0 Å². The predicted octanol–water partition coefficient (Wildman–Crippen LogP) is 2.31. The maximum atomic E-state index is 12.1. The molecule has 3 N–H and O–H groups in total. The largest absolute Gasteiger partial charge is 0.368 e. The van der Waals surface area contributed by atoms with Gasteiger partial charge in [0, 0.05) is 11.5 Å². The fourth-order valence-corrected chi connectivity index (χ4v) is 2.33. The molecule has 0 aromatic heterocycles. The van der Waals surface area contributed by atoms with Crippen LogP contribution < -0.4 is 11.1 Å². The highest BCUT2D eigenvalue weighted by Crippen LogP contribution is 2.29. The monoisotopic (exact) mass is 275 g/mol. The van der Waals surface area contributed by atoms with Crippen LogP contribution in [0.4, 0.5) is 0 Å². The molecule has 1 atom stereocenters. The molecule has 0 radical (unpaired) electrons. The highest BCUT2D eigenvalue weighted by molar-refractivity contribution is 5.86. The summed E-state index contributed by atoms with van der Waals surface area (Å²) < 4.78 is 0. The molecule has 1 aromatic rings. The Morgan fingerprint density at radius 1 is 1.45 bits per heavy atom. The minimum Gasteiger partial charge on any atom is -0.368 e. The maximum absolute atomic E-state index is 12.1. The Morgan fingerprint density at radius 2 is 2.10 bits per heavy atom. The summed E-state index contributed by atoms with van der Waals surface area (Å²) in [6, 6.07) is 9.46. The number of nitrogens with zero attached hydrogens (tertiary/aromatic N) is 3. The molecule has 0 aliphatic carbocycles. The third-order valence-electron chi connectivity index (χ3n) is 3.39. The number of nitrogens with two attached hydrogens (primary N) is 1. The summed E-state index contributed by atoms with van der Waals surface area (Å²) in [7, 11) is 0. The summed E-state index contributed by atoms with van der Waals surface area (Å²) >= 11 is 0. The van der Waals surface area contributed by atoms with E-state index in [0.29, 0.717) is 19.5 Å². The Labute approximate surface area is 119 Å². The van der Waals surface area contributed by atoms with Crippen LogP contribution in [-0.4, -0.2) is 19.0 Å². The van der Waals surface area contributed by atoms with Gasteiger partial charge in [-0.3, -0.25) is 10.1 Å². The summed E-state index contributed by atoms with van der Waals surface area (Å²) in [6.07, 6.45) is 0.651. The summed E-state index contributed by atoms with van der Waals surface area (Å²) in [5, 5.41) is 6.73. The Balaban J connectivity index is 2.95. The minimum atomic E-state index is -0.905. The number of primary amides is 1. The van der Waals surface area contributed by atoms with E-state index in [1.165, 1.54) is 0 Å². The van der Waals surface area contributed by atoms with Crippen molar-refractivity contribution in [1.82, 2.24) is 5.32 Å². The van der Waals surface area contributed by atoms with Gasteiger partial charge in [0.25, 0.3) is 0 Å². The van der Waals surface area contributed by atoms with Crippen molar-refractivity contribution in [2.24, 2.45) is 16.8 Å². The number of nitrogens with one attached hydrogen (secondary N) is 1. The number of carbonyl (C=O) groups is 1. The van der Waals surface area contributed by atoms with Crippen LogP contribution in [0, 0.1) is 5.92 Å². The fraction of sp³-hybridized carbons (Fsp3) is 0.500. The predicted molar refractivity (Wildman–Crippen MR) is 78.8 cm³/mol. The quantitative estimate of drug-likeness (QED) is 0.329. The Kier molecular flexibility index (Phi) is 6.03. The van der Waals surface area contributed by atoms with Gasteiger partial charge in [-0.05, 0) is 30.0 Å². The number of amides is 1. The molecule has 0 heterocycles. The lowest BCUT2D eigenvalue weighted by Crippen LogP contribution is -2.56. The van der Waals surface area contributed by atoms with Crippen LogP contribution in [0.3, 0.4) is 0 Å². The average Bonchev–Trinajstić information content (AvgIpc) is 2.43. The number of benzene rings is 1. The minimum absolute atomic E-state index is 0.00173. The van der Waals surface area contributed by atoms with Gasteiger partial charge in [-0.2, -0.15) is 0 Å². The molecule has 108 valence electrons. The number of hydrogen-bond donors (Lipinski definition) is 2. The number of rotatable bonds is 8. The van der Waals surface area contributed by atoms with E-state index < -0.39 is 11.4 Å². The van der Waals surface area contributed by atoms with Crippen molar-refractivity contribution in [3.63, 3.8) is 0 Å². The molecule has 0 saturated heterocycles. The van der Waals surface area contributed by atoms with Gasteiger partial charge >= 0.3 is 0 Å². The summed E-state index contributed by atoms with van der Waals surface area (Å²) in [5.41, 5.74) is 13.9. The smallest absolute Gasteiger partial charge is 0.242 e. The molecule has 0 aliphatic rings. The molecule has 0 saturated carbocycles. The average molecular weight is 275 g/mol. The first-order valence-electron chi connectivity index (χ1n) is 6.67. The lowest BCUT2D eigenvalue weighted by atomic mass is 9.79. The second-order valence-corrected chi connectivity index (χ2v) is 4.93. The molecule has 1 unspecified atom stereocenters. The maximum Gasteiger partial charge on any atom is 0.242 e. The van der Waals surface area contributed by atoms with Crippen molar-refractivity contribution in [3.05, 3.63) is 46.3 Å². The molecule has 0 spiro atoms. The number of hydrogen-bond acceptors (Lipinski definition) is 3. The van der Waals surface area contributed by atoms with Crippen LogP contribution >= 0.6 is 0 Å². The first kappa shape index (κ1) is 16.0. The van der Waals surface area contributed by atoms with Crippen LogP contribution in [0.2, 0.25) is 0 Å². The van der Waals surface area contributed by atoms with E-state index in [4.69, 9.17) is 11.3 Å². The van der Waals surface area contributed by atoms with E-state index in [9.17, 15) is 4.79 Å². The van der Waals surface area contributed by atoms with Crippen molar-refractivity contribution in [2.45, 2.75) is 25.8 Å². The van der Waals surface area contributed by atoms with Gasteiger partial charge in [0.2, 0.25) is 5.91 Å². The molecule has 1 aromatic carbocycles. The number of azide groups is 1. The first-order chi connectivity index (χ1) is 9.55. The van der Waals surface area contributed by atoms with Crippen molar-refractivity contribution in [2.75, 3.05) is 13.1 Å². The molecule has 6 nitrogen and oxygen atoms in total. The highest BCUT2D eigenvalue weighted by Gasteiger charge is 2.40. The lowest BCUT2D eigenvalue weighted by molar-refractivity contribution is -0.126. The molecular formula is C14H21N5O. The van der Waals surface area contributed by atoms with E-state index in [-0.39, 0.29) is 5.92 Å². The zero-order valence-electron chi connectivity index (χ0n) is 11.9. The molecule has 0 aliphatic heterocycles. The zero-order chi connectivity index (χ0) is 15.0. The van der Waals surface area contributed by atoms with E-state index in [2.05, 4.69) is 15.3 Å². The topological polar surface area (TPSA) is 104 Å². The van der Waals surface area contributed by atoms with Crippen LogP contribution in [-0.2, 0) is 10.3 Å². The second-order valence-electron chi connectivity index (χ2n) is 4.93. The van der Waals surface area contributed by atoms with Gasteiger partial charge in [-0.1, -0.05) is 49.3 Å². The molecule has 1 amide bonds. The third kappa shape index (κ3) is 3.50. The van der Waals surface area contributed by atoms with Crippen molar-refractivity contribution >= 4 is 5.91 Å². The third-order valence-corrected chi connectivity index (χ3v) is 3.39. The summed E-state index contributed by atoms with van der Waals surface area (Å²) in [4.78, 5) is 14.8. The van der Waals surface area contributed by atoms with Crippen molar-refractivity contribution in [1.29, 1.82) is 0 Å². The zero-order valence-corrected chi connectivity index (χ0v) is 11.9. The van der Waals surface area contributed by atoms with Crippen molar-refractivity contribution in [3.8, 4) is 0 Å². The molecular weight excluding hydrogens is 254 g/mol. The van der Waals surface area contributed by atoms with E-state index in [0.717, 1.165) is 5.56 Å². The van der Waals surface area contributed by atoms with E-state index in [1.807, 2.05) is 44.2 Å². The van der Waals surface area contributed by atoms with Crippen LogP contribution in [0.15, 0.2) is 35.4 Å². The van der Waals surface area contributed by atoms with Gasteiger partial charge in [-0.15, -0.1) is 0 Å². The Hall–Kier alpha value is -2.04. The summed E-state index contributed by atoms with van der Waals surface area (Å²) in [6.45, 7) is 4.86. The standard InChI is InChI=1S/C14H21N5O/c1-11(2)14(13(15)20,12-7-4-3-5-8-12)17-9-6-10-18-19-16/h3-5,7-8,11,17H,6,9-10H2,1-2H3,(H2,15,20). The molecule has 1 rings (SSSR count). The first-order valence-corrected chi connectivity index (χ1v) is 6.67. The molecule has 6 heteroatoms. The number of carbonyl (C=O) groups excluding carboxylic acids is 1. The van der Waals surface area contributed by atoms with Crippen LogP contribution in [0.5, 0.6) is 0 Å². The van der Waals surface area contributed by atoms with Crippen LogP contribution in [0.1, 0.15) is 25.8 Å². The normalized spacial score (nSPS) is 13.6. The van der Waals surface area contributed by atoms with Gasteiger partial charge in [0.15, 0.2) is 0 Å². The molecule has 0 bridgehead atoms. The van der Waals surface area contributed by atoms with Crippen LogP contribution in [0.25, 0.3) is 10.4 Å². The second kappa shape index (κ2) is 7.53. The van der Waals surface area contributed by atoms with Gasteiger partial charge in [-0.25, -0.2) is 0 Å². The molecule has 20 heavy (non-hydrogen) atoms. The summed E-state index contributed by atoms with van der Waals surface area (Å²) in [5.74, 6) is -0.399. The van der Waals surface area contributed by atoms with E-state index in [1.54, 1.807) is 0 Å². The molecule has 0 fully saturated rings. The van der Waals surface area contributed by atoms with Gasteiger partial charge < -0.3 is 5.73 Å². The van der Waals surface area contributed by atoms with Gasteiger partial charge in [0.1, 0.15) is 5.54 Å².